The van der Waals surface area contributed by atoms with Gasteiger partial charge < -0.3 is 30.1 Å². The van der Waals surface area contributed by atoms with E-state index < -0.39 is 52.8 Å². The van der Waals surface area contributed by atoms with E-state index in [1.807, 2.05) is 59.4 Å². The number of carboxylic acids is 1. The molecule has 2 aromatic heterocycles. The third kappa shape index (κ3) is 11.5. The second-order valence-corrected chi connectivity index (χ2v) is 19.6. The van der Waals surface area contributed by atoms with Crippen molar-refractivity contribution in [3.05, 3.63) is 95.2 Å². The average molecular weight is 1050 g/mol. The zero-order chi connectivity index (χ0) is 53.3. The number of piperazine rings is 1. The molecular formula is C51H54F6N10O8. The van der Waals surface area contributed by atoms with Gasteiger partial charge in [-0.1, -0.05) is 18.2 Å². The number of phenols is 1. The molecule has 0 radical (unpaired) electrons. The van der Waals surface area contributed by atoms with Crippen LogP contribution in [0.4, 0.5) is 42.8 Å². The number of carboxylic acid groups (broad SMARTS) is 1. The Labute approximate surface area is 425 Å². The molecule has 1 spiro atoms. The average Bonchev–Trinajstić information content (AvgIpc) is 4.03. The van der Waals surface area contributed by atoms with Crippen LogP contribution < -0.4 is 20.4 Å². The molecule has 5 fully saturated rings. The van der Waals surface area contributed by atoms with Gasteiger partial charge in [0.05, 0.1) is 29.3 Å². The molecule has 4 saturated heterocycles. The number of aromatic hydroxyl groups is 1. The molecule has 1 saturated carbocycles. The summed E-state index contributed by atoms with van der Waals surface area (Å²) in [7, 11) is 0. The SMILES string of the molecule is Cc1ccc(C(=O)N2CCN(C3COC4(CCN(c5ncc(-c6ccc7cn(C8CCC(CNC(=O)c9cc(F)c(O)c(F)c9F)CC8)nc7c6)cn5)CC4)C3)CC2)cc1N1CCC(=O)NC1=O.O=C(O)C(F)(F)F. The minimum Gasteiger partial charge on any atom is -0.503 e. The highest BCUT2D eigenvalue weighted by Crippen LogP contribution is 2.39. The van der Waals surface area contributed by atoms with Crippen molar-refractivity contribution in [1.82, 2.24) is 40.2 Å². The standard InChI is InChI=1S/C49H53F3N10O6.C2HF3O2/c1-29-2-5-32(21-40(29)61-13-10-41(63)56-48(61)67)46(66)59-18-16-58(17-19-59)36-23-49(68-28-36)11-14-60(15-12-49)47-54-25-34(26-55-47)31-6-7-33-27-62(57-39(33)20-31)35-8-3-30(4-9-35)24-53-45(65)37-22-38(50)44(64)43(52)42(37)51;3-2(4,5)1(6)7/h2,5-7,20-22,25-27,30,35-36,64H,3-4,8-19,23-24,28H2,1H3,(H,53,65)(H,56,63,67);(H,6,7). The summed E-state index contributed by atoms with van der Waals surface area (Å²) < 4.78 is 82.0. The molecule has 0 bridgehead atoms. The largest absolute Gasteiger partial charge is 0.503 e. The second-order valence-electron chi connectivity index (χ2n) is 19.6. The summed E-state index contributed by atoms with van der Waals surface area (Å²) >= 11 is 0. The maximum absolute atomic E-state index is 14.2. The molecular weight excluding hydrogens is 995 g/mol. The zero-order valence-electron chi connectivity index (χ0n) is 40.7. The first-order valence-electron chi connectivity index (χ1n) is 24.7. The number of rotatable bonds is 9. The van der Waals surface area contributed by atoms with E-state index in [0.29, 0.717) is 43.0 Å². The summed E-state index contributed by atoms with van der Waals surface area (Å²) in [4.78, 5) is 76.9. The number of amides is 5. The van der Waals surface area contributed by atoms with E-state index in [4.69, 9.17) is 29.7 Å². The number of nitrogens with one attached hydrogen (secondary N) is 2. The fourth-order valence-corrected chi connectivity index (χ4v) is 10.5. The van der Waals surface area contributed by atoms with Crippen molar-refractivity contribution in [2.24, 2.45) is 5.92 Å². The van der Waals surface area contributed by atoms with E-state index in [-0.39, 0.29) is 54.9 Å². The molecule has 4 aliphatic heterocycles. The maximum Gasteiger partial charge on any atom is 0.490 e. The maximum atomic E-state index is 14.2. The smallest absolute Gasteiger partial charge is 0.490 e. The molecule has 1 aliphatic carbocycles. The molecule has 5 aliphatic rings. The normalized spacial score (nSPS) is 21.2. The van der Waals surface area contributed by atoms with E-state index >= 15 is 0 Å². The second kappa shape index (κ2) is 21.5. The number of hydrogen-bond donors (Lipinski definition) is 4. The Morgan fingerprint density at radius 3 is 2.23 bits per heavy atom. The lowest BCUT2D eigenvalue weighted by Gasteiger charge is -2.40. The number of alkyl halides is 3. The van der Waals surface area contributed by atoms with Gasteiger partial charge in [-0.2, -0.15) is 22.7 Å². The molecule has 4 N–H and O–H groups in total. The van der Waals surface area contributed by atoms with Crippen LogP contribution in [0.15, 0.2) is 61.1 Å². The van der Waals surface area contributed by atoms with Crippen LogP contribution in [0.25, 0.3) is 22.0 Å². The lowest BCUT2D eigenvalue weighted by Crippen LogP contribution is -2.53. The molecule has 5 amide bonds. The molecule has 10 rings (SSSR count). The van der Waals surface area contributed by atoms with Crippen LogP contribution in [-0.2, 0) is 14.3 Å². The number of urea groups is 1. The number of hydrogen-bond acceptors (Lipinski definition) is 12. The van der Waals surface area contributed by atoms with Gasteiger partial charge in [0.2, 0.25) is 17.7 Å². The van der Waals surface area contributed by atoms with Crippen LogP contribution in [0.1, 0.15) is 83.7 Å². The molecule has 1 atom stereocenters. The van der Waals surface area contributed by atoms with Gasteiger partial charge in [0.25, 0.3) is 11.8 Å². The van der Waals surface area contributed by atoms with Crippen LogP contribution in [0, 0.1) is 30.3 Å². The highest BCUT2D eigenvalue weighted by molar-refractivity contribution is 6.06. The number of piperidine rings is 1. The minimum atomic E-state index is -5.08. The van der Waals surface area contributed by atoms with Crippen LogP contribution in [0.5, 0.6) is 5.75 Å². The van der Waals surface area contributed by atoms with Gasteiger partial charge >= 0.3 is 18.2 Å². The van der Waals surface area contributed by atoms with Crippen molar-refractivity contribution >= 4 is 52.3 Å². The van der Waals surface area contributed by atoms with Crippen molar-refractivity contribution in [2.45, 2.75) is 82.2 Å². The van der Waals surface area contributed by atoms with E-state index in [1.54, 1.807) is 12.1 Å². The minimum absolute atomic E-state index is 0.0658. The molecule has 6 heterocycles. The number of fused-ring (bicyclic) bond motifs is 1. The fourth-order valence-electron chi connectivity index (χ4n) is 10.5. The summed E-state index contributed by atoms with van der Waals surface area (Å²) in [5.74, 6) is -9.49. The summed E-state index contributed by atoms with van der Waals surface area (Å²) in [6, 6.07) is 12.0. The molecule has 398 valence electrons. The van der Waals surface area contributed by atoms with E-state index in [9.17, 15) is 50.6 Å². The molecule has 1 unspecified atom stereocenters. The Morgan fingerprint density at radius 1 is 0.867 bits per heavy atom. The van der Waals surface area contributed by atoms with Crippen molar-refractivity contribution in [1.29, 1.82) is 0 Å². The molecule has 18 nitrogen and oxygen atoms in total. The Bertz CT molecular complexity index is 2990. The van der Waals surface area contributed by atoms with E-state index in [2.05, 4.69) is 20.4 Å². The Hall–Kier alpha value is -7.34. The number of anilines is 2. The monoisotopic (exact) mass is 1050 g/mol. The van der Waals surface area contributed by atoms with Crippen LogP contribution in [-0.4, -0.2) is 146 Å². The first-order chi connectivity index (χ1) is 35.8. The third-order valence-electron chi connectivity index (χ3n) is 14.9. The lowest BCUT2D eigenvalue weighted by atomic mass is 9.86. The molecule has 5 aromatic rings. The van der Waals surface area contributed by atoms with Crippen molar-refractivity contribution < 1.29 is 65.3 Å². The number of ether oxygens (including phenoxy) is 1. The van der Waals surface area contributed by atoms with Gasteiger partial charge in [-0.15, -0.1) is 0 Å². The Morgan fingerprint density at radius 2 is 1.56 bits per heavy atom. The number of nitrogens with zero attached hydrogens (tertiary/aromatic N) is 8. The lowest BCUT2D eigenvalue weighted by molar-refractivity contribution is -0.192. The number of phenolic OH excluding ortho intramolecular Hbond substituents is 1. The van der Waals surface area contributed by atoms with E-state index in [0.717, 1.165) is 98.7 Å². The number of carbonyl (C=O) groups is 5. The summed E-state index contributed by atoms with van der Waals surface area (Å²) in [5.41, 5.74) is 3.74. The van der Waals surface area contributed by atoms with E-state index in [1.165, 1.54) is 4.90 Å². The summed E-state index contributed by atoms with van der Waals surface area (Å²) in [6.45, 7) is 7.34. The summed E-state index contributed by atoms with van der Waals surface area (Å²) in [6.07, 6.45) is 6.75. The van der Waals surface area contributed by atoms with Crippen molar-refractivity contribution in [2.75, 3.05) is 68.8 Å². The predicted molar refractivity (Wildman–Crippen MR) is 258 cm³/mol. The van der Waals surface area contributed by atoms with Crippen LogP contribution >= 0.6 is 0 Å². The number of benzene rings is 3. The van der Waals surface area contributed by atoms with Gasteiger partial charge in [-0.05, 0) is 93.2 Å². The van der Waals surface area contributed by atoms with Crippen molar-refractivity contribution in [3.8, 4) is 16.9 Å². The topological polar surface area (TPSA) is 216 Å². The number of aryl methyl sites for hydroxylation is 1. The number of aliphatic carboxylic acids is 1. The molecule has 24 heteroatoms. The first kappa shape index (κ1) is 52.5. The number of carbonyl (C=O) groups excluding carboxylic acids is 4. The van der Waals surface area contributed by atoms with Crippen LogP contribution in [0.3, 0.4) is 0 Å². The molecule has 3 aromatic carbocycles. The quantitative estimate of drug-likeness (QED) is 0.0889. The number of imide groups is 1. The number of aromatic nitrogens is 4. The van der Waals surface area contributed by atoms with Gasteiger partial charge in [0.15, 0.2) is 17.4 Å². The van der Waals surface area contributed by atoms with Gasteiger partial charge in [0.1, 0.15) is 0 Å². The van der Waals surface area contributed by atoms with Gasteiger partial charge in [0, 0.05) is 106 Å². The van der Waals surface area contributed by atoms with Gasteiger partial charge in [-0.3, -0.25) is 34.2 Å². The Balaban J connectivity index is 0.000000920. The number of halogens is 6. The summed E-state index contributed by atoms with van der Waals surface area (Å²) in [5, 5.41) is 27.3. The van der Waals surface area contributed by atoms with Gasteiger partial charge in [-0.25, -0.2) is 28.3 Å². The van der Waals surface area contributed by atoms with Crippen LogP contribution in [0.2, 0.25) is 0 Å². The molecule has 75 heavy (non-hydrogen) atoms. The van der Waals surface area contributed by atoms with Crippen molar-refractivity contribution in [3.63, 3.8) is 0 Å². The third-order valence-corrected chi connectivity index (χ3v) is 14.9. The Kier molecular flexibility index (Phi) is 15.0. The fraction of sp³-hybridized carbons (Fsp3) is 0.451. The highest BCUT2D eigenvalue weighted by Gasteiger charge is 2.45. The highest BCUT2D eigenvalue weighted by atomic mass is 19.4. The first-order valence-corrected chi connectivity index (χ1v) is 24.7. The predicted octanol–water partition coefficient (Wildman–Crippen LogP) is 6.75. The zero-order valence-corrected chi connectivity index (χ0v) is 40.7.